The van der Waals surface area contributed by atoms with E-state index in [4.69, 9.17) is 0 Å². The highest BCUT2D eigenvalue weighted by molar-refractivity contribution is 7.11. The maximum atomic E-state index is 14.3. The lowest BCUT2D eigenvalue weighted by Crippen LogP contribution is -2.67. The molecular weight excluding hydrogens is 349 g/mol. The fraction of sp³-hybridized carbons (Fsp3) is 0.280. The van der Waals surface area contributed by atoms with Gasteiger partial charge in [-0.1, -0.05) is 98.8 Å². The van der Waals surface area contributed by atoms with Crippen LogP contribution >= 0.6 is 0 Å². The highest BCUT2D eigenvalue weighted by atomic mass is 19.1. The molecule has 0 radical (unpaired) electrons. The van der Waals surface area contributed by atoms with E-state index in [0.29, 0.717) is 0 Å². The van der Waals surface area contributed by atoms with Crippen LogP contribution in [0.15, 0.2) is 72.8 Å². The first-order chi connectivity index (χ1) is 13.6. The quantitative estimate of drug-likeness (QED) is 0.368. The van der Waals surface area contributed by atoms with Crippen molar-refractivity contribution in [3.05, 3.63) is 90.0 Å². The highest BCUT2D eigenvalue weighted by Crippen LogP contribution is 2.19. The summed E-state index contributed by atoms with van der Waals surface area (Å²) in [5, 5.41) is 0. The van der Waals surface area contributed by atoms with Crippen molar-refractivity contribution >= 4 is 22.5 Å². The second kappa shape index (κ2) is 9.19. The molecule has 0 bridgehead atoms. The Morgan fingerprint density at radius 3 is 1.71 bits per heavy atom. The molecule has 3 heteroatoms. The SMILES string of the molecule is CCCCCC[B-](c1cccc(C)c1)(c1cccc(F)c1)c1cccc(F)c1. The van der Waals surface area contributed by atoms with Gasteiger partial charge in [0.1, 0.15) is 11.6 Å². The van der Waals surface area contributed by atoms with E-state index in [1.807, 2.05) is 18.2 Å². The van der Waals surface area contributed by atoms with Crippen LogP contribution in [0.1, 0.15) is 38.2 Å². The lowest BCUT2D eigenvalue weighted by molar-refractivity contribution is 0.628. The minimum atomic E-state index is -1.47. The molecule has 0 saturated heterocycles. The Hall–Kier alpha value is -2.42. The topological polar surface area (TPSA) is 0 Å². The molecule has 0 amide bonds. The summed E-state index contributed by atoms with van der Waals surface area (Å²) in [4.78, 5) is 0. The van der Waals surface area contributed by atoms with Crippen molar-refractivity contribution in [2.75, 3.05) is 0 Å². The third kappa shape index (κ3) is 4.35. The molecule has 0 unspecified atom stereocenters. The smallest absolute Gasteiger partial charge is 0.120 e. The van der Waals surface area contributed by atoms with Gasteiger partial charge in [0.2, 0.25) is 0 Å². The second-order valence-corrected chi connectivity index (χ2v) is 7.92. The van der Waals surface area contributed by atoms with Crippen molar-refractivity contribution < 1.29 is 8.78 Å². The summed E-state index contributed by atoms with van der Waals surface area (Å²) in [6, 6.07) is 22.1. The summed E-state index contributed by atoms with van der Waals surface area (Å²) >= 11 is 0. The van der Waals surface area contributed by atoms with Gasteiger partial charge in [-0.3, -0.25) is 0 Å². The Morgan fingerprint density at radius 2 is 1.21 bits per heavy atom. The van der Waals surface area contributed by atoms with E-state index >= 15 is 0 Å². The maximum absolute atomic E-state index is 14.3. The molecule has 3 rings (SSSR count). The van der Waals surface area contributed by atoms with Gasteiger partial charge in [-0.25, -0.2) is 8.78 Å². The number of halogens is 2. The number of hydrogen-bond acceptors (Lipinski definition) is 0. The zero-order valence-electron chi connectivity index (χ0n) is 16.8. The molecule has 0 aliphatic heterocycles. The zero-order valence-corrected chi connectivity index (χ0v) is 16.8. The molecule has 0 aliphatic rings. The summed E-state index contributed by atoms with van der Waals surface area (Å²) in [5.41, 5.74) is 4.18. The molecule has 28 heavy (non-hydrogen) atoms. The van der Waals surface area contributed by atoms with Crippen LogP contribution in [-0.4, -0.2) is 6.15 Å². The molecule has 3 aromatic rings. The van der Waals surface area contributed by atoms with Crippen LogP contribution in [0.2, 0.25) is 6.32 Å². The lowest BCUT2D eigenvalue weighted by atomic mass is 9.14. The molecule has 0 saturated carbocycles. The average Bonchev–Trinajstić information content (AvgIpc) is 2.68. The van der Waals surface area contributed by atoms with E-state index in [1.165, 1.54) is 18.6 Å². The first kappa shape index (κ1) is 20.3. The average molecular weight is 377 g/mol. The van der Waals surface area contributed by atoms with Crippen LogP contribution in [0.4, 0.5) is 8.78 Å². The van der Waals surface area contributed by atoms with Gasteiger partial charge < -0.3 is 0 Å². The van der Waals surface area contributed by atoms with Gasteiger partial charge >= 0.3 is 0 Å². The number of benzene rings is 3. The molecule has 0 atom stereocenters. The zero-order chi connectivity index (χ0) is 20.0. The van der Waals surface area contributed by atoms with E-state index in [1.54, 1.807) is 24.3 Å². The first-order valence-corrected chi connectivity index (χ1v) is 10.3. The van der Waals surface area contributed by atoms with Gasteiger partial charge in [0, 0.05) is 0 Å². The van der Waals surface area contributed by atoms with Crippen molar-refractivity contribution in [2.45, 2.75) is 45.9 Å². The molecule has 3 aromatic carbocycles. The van der Waals surface area contributed by atoms with Crippen LogP contribution in [0.25, 0.3) is 0 Å². The van der Waals surface area contributed by atoms with E-state index in [0.717, 1.165) is 47.5 Å². The van der Waals surface area contributed by atoms with Crippen molar-refractivity contribution in [3.63, 3.8) is 0 Å². The van der Waals surface area contributed by atoms with E-state index < -0.39 is 6.15 Å². The predicted molar refractivity (Wildman–Crippen MR) is 118 cm³/mol. The van der Waals surface area contributed by atoms with Crippen LogP contribution in [-0.2, 0) is 0 Å². The number of hydrogen-bond donors (Lipinski definition) is 0. The maximum Gasteiger partial charge on any atom is 0.120 e. The van der Waals surface area contributed by atoms with Crippen molar-refractivity contribution in [3.8, 4) is 0 Å². The molecule has 0 fully saturated rings. The third-order valence-electron chi connectivity index (χ3n) is 5.94. The number of unbranched alkanes of at least 4 members (excludes halogenated alkanes) is 3. The van der Waals surface area contributed by atoms with Crippen molar-refractivity contribution in [2.24, 2.45) is 0 Å². The molecule has 0 spiro atoms. The predicted octanol–water partition coefficient (Wildman–Crippen LogP) is 5.32. The first-order valence-electron chi connectivity index (χ1n) is 10.3. The van der Waals surface area contributed by atoms with E-state index in [-0.39, 0.29) is 11.6 Å². The van der Waals surface area contributed by atoms with Gasteiger partial charge in [-0.05, 0) is 19.1 Å². The Labute approximate surface area is 167 Å². The van der Waals surface area contributed by atoms with E-state index in [2.05, 4.69) is 32.0 Å². The summed E-state index contributed by atoms with van der Waals surface area (Å²) in [5.74, 6) is -0.497. The monoisotopic (exact) mass is 377 g/mol. The molecular formula is C25H28BF2-. The standard InChI is InChI=1S/C25H28BF2/c1-3-4-5-6-16-26(21-11-7-10-20(2)17-21,22-12-8-14-24(27)18-22)23-13-9-15-25(28)19-23/h7-15,17-19H,3-6,16H2,1-2H3/q-1. The number of aryl methyl sites for hydroxylation is 1. The minimum Gasteiger partial charge on any atom is -0.207 e. The van der Waals surface area contributed by atoms with E-state index in [9.17, 15) is 8.78 Å². The Bertz CT molecular complexity index is 809. The van der Waals surface area contributed by atoms with Crippen LogP contribution in [0.3, 0.4) is 0 Å². The molecule has 0 nitrogen and oxygen atoms in total. The fourth-order valence-electron chi connectivity index (χ4n) is 4.56. The second-order valence-electron chi connectivity index (χ2n) is 7.92. The molecule has 0 heterocycles. The summed E-state index contributed by atoms with van der Waals surface area (Å²) < 4.78 is 28.5. The molecule has 0 aliphatic carbocycles. The summed E-state index contributed by atoms with van der Waals surface area (Å²) in [6.45, 7) is 4.26. The largest absolute Gasteiger partial charge is 0.207 e. The van der Waals surface area contributed by atoms with Gasteiger partial charge in [-0.2, -0.15) is 22.7 Å². The Kier molecular flexibility index (Phi) is 6.67. The van der Waals surface area contributed by atoms with Crippen LogP contribution in [0.5, 0.6) is 0 Å². The molecule has 0 aromatic heterocycles. The Balaban J connectivity index is 2.24. The summed E-state index contributed by atoms with van der Waals surface area (Å²) in [7, 11) is 0. The van der Waals surface area contributed by atoms with Crippen molar-refractivity contribution in [1.29, 1.82) is 0 Å². The van der Waals surface area contributed by atoms with Gasteiger partial charge in [0.05, 0.1) is 6.15 Å². The highest BCUT2D eigenvalue weighted by Gasteiger charge is 2.30. The molecule has 0 N–H and O–H groups in total. The van der Waals surface area contributed by atoms with Crippen LogP contribution < -0.4 is 16.4 Å². The number of rotatable bonds is 8. The molecule has 146 valence electrons. The lowest BCUT2D eigenvalue weighted by Gasteiger charge is -2.43. The Morgan fingerprint density at radius 1 is 0.679 bits per heavy atom. The van der Waals surface area contributed by atoms with Crippen LogP contribution in [0, 0.1) is 18.6 Å². The van der Waals surface area contributed by atoms with Gasteiger partial charge in [-0.15, -0.1) is 0 Å². The van der Waals surface area contributed by atoms with Gasteiger partial charge in [0.25, 0.3) is 0 Å². The van der Waals surface area contributed by atoms with Crippen molar-refractivity contribution in [1.82, 2.24) is 0 Å². The minimum absolute atomic E-state index is 0.249. The fourth-order valence-corrected chi connectivity index (χ4v) is 4.56. The summed E-state index contributed by atoms with van der Waals surface area (Å²) in [6.07, 6.45) is 3.88. The third-order valence-corrected chi connectivity index (χ3v) is 5.94. The normalized spacial score (nSPS) is 11.6. The van der Waals surface area contributed by atoms with Gasteiger partial charge in [0.15, 0.2) is 0 Å².